The number of nitrogens with one attached hydrogen (secondary N) is 2. The molecule has 1 atom stereocenters. The number of benzene rings is 2. The molecule has 0 spiro atoms. The van der Waals surface area contributed by atoms with Gasteiger partial charge in [-0.1, -0.05) is 18.2 Å². The van der Waals surface area contributed by atoms with E-state index in [2.05, 4.69) is 35.8 Å². The van der Waals surface area contributed by atoms with E-state index in [-0.39, 0.29) is 11.9 Å². The van der Waals surface area contributed by atoms with Crippen LogP contribution >= 0.6 is 0 Å². The quantitative estimate of drug-likeness (QED) is 0.847. The first-order valence-electron chi connectivity index (χ1n) is 8.61. The third-order valence-electron chi connectivity index (χ3n) is 4.18. The summed E-state index contributed by atoms with van der Waals surface area (Å²) in [6.07, 6.45) is 0.909. The highest BCUT2D eigenvalue weighted by Crippen LogP contribution is 2.30. The molecule has 5 nitrogen and oxygen atoms in total. The summed E-state index contributed by atoms with van der Waals surface area (Å²) in [6.45, 7) is 5.71. The third-order valence-corrected chi connectivity index (χ3v) is 4.18. The number of ether oxygens (including phenoxy) is 2. The van der Waals surface area contributed by atoms with Crippen molar-refractivity contribution in [2.75, 3.05) is 25.1 Å². The number of hydrogen-bond acceptors (Lipinski definition) is 4. The lowest BCUT2D eigenvalue weighted by Gasteiger charge is -2.19. The van der Waals surface area contributed by atoms with Gasteiger partial charge in [0.05, 0.1) is 0 Å². The lowest BCUT2D eigenvalue weighted by molar-refractivity contribution is -0.114. The highest BCUT2D eigenvalue weighted by Gasteiger charge is 2.12. The summed E-state index contributed by atoms with van der Waals surface area (Å²) in [5.74, 6) is 1.60. The van der Waals surface area contributed by atoms with Crippen LogP contribution in [0.5, 0.6) is 11.5 Å². The summed E-state index contributed by atoms with van der Waals surface area (Å²) in [5.41, 5.74) is 3.19. The first-order chi connectivity index (χ1) is 12.1. The summed E-state index contributed by atoms with van der Waals surface area (Å²) in [4.78, 5) is 11.2. The minimum absolute atomic E-state index is 0.0589. The molecular formula is C20H24N2O3. The van der Waals surface area contributed by atoms with Crippen LogP contribution in [0.1, 0.15) is 31.0 Å². The number of anilines is 1. The Balaban J connectivity index is 1.54. The first kappa shape index (κ1) is 17.3. The number of hydrogen-bond donors (Lipinski definition) is 2. The number of carbonyl (C=O) groups excluding carboxylic acids is 1. The van der Waals surface area contributed by atoms with Crippen LogP contribution in [0.15, 0.2) is 42.5 Å². The van der Waals surface area contributed by atoms with Crippen LogP contribution in [-0.2, 0) is 11.2 Å². The van der Waals surface area contributed by atoms with Gasteiger partial charge in [-0.25, -0.2) is 0 Å². The van der Waals surface area contributed by atoms with Gasteiger partial charge in [0.1, 0.15) is 13.2 Å². The lowest BCUT2D eigenvalue weighted by Crippen LogP contribution is -2.21. The molecule has 0 aliphatic carbocycles. The molecule has 1 unspecified atom stereocenters. The van der Waals surface area contributed by atoms with E-state index >= 15 is 0 Å². The highest BCUT2D eigenvalue weighted by atomic mass is 16.6. The molecule has 0 fully saturated rings. The molecule has 25 heavy (non-hydrogen) atoms. The van der Waals surface area contributed by atoms with E-state index in [1.807, 2.05) is 24.3 Å². The van der Waals surface area contributed by atoms with Crippen molar-refractivity contribution in [1.82, 2.24) is 5.32 Å². The fraction of sp³-hybridized carbons (Fsp3) is 0.350. The summed E-state index contributed by atoms with van der Waals surface area (Å²) in [5, 5.41) is 6.34. The van der Waals surface area contributed by atoms with Crippen LogP contribution in [-0.4, -0.2) is 25.7 Å². The topological polar surface area (TPSA) is 59.6 Å². The SMILES string of the molecule is CC(=O)Nc1cccc(C(C)NCCc2ccc3c(c2)OCCO3)c1. The highest BCUT2D eigenvalue weighted by molar-refractivity contribution is 5.88. The van der Waals surface area contributed by atoms with Crippen LogP contribution in [0.4, 0.5) is 5.69 Å². The van der Waals surface area contributed by atoms with Crippen LogP contribution < -0.4 is 20.1 Å². The van der Waals surface area contributed by atoms with Gasteiger partial charge in [-0.3, -0.25) is 4.79 Å². The predicted molar refractivity (Wildman–Crippen MR) is 98.3 cm³/mol. The molecule has 5 heteroatoms. The zero-order chi connectivity index (χ0) is 17.6. The average molecular weight is 340 g/mol. The monoisotopic (exact) mass is 340 g/mol. The maximum absolute atomic E-state index is 11.2. The second-order valence-electron chi connectivity index (χ2n) is 6.21. The fourth-order valence-electron chi connectivity index (χ4n) is 2.88. The van der Waals surface area contributed by atoms with Crippen LogP contribution in [0.3, 0.4) is 0 Å². The Morgan fingerprint density at radius 1 is 1.12 bits per heavy atom. The van der Waals surface area contributed by atoms with Crippen molar-refractivity contribution in [3.05, 3.63) is 53.6 Å². The Hall–Kier alpha value is -2.53. The fourth-order valence-corrected chi connectivity index (χ4v) is 2.88. The molecule has 1 heterocycles. The summed E-state index contributed by atoms with van der Waals surface area (Å²) in [7, 11) is 0. The van der Waals surface area contributed by atoms with Gasteiger partial charge in [0.15, 0.2) is 11.5 Å². The van der Waals surface area contributed by atoms with Gasteiger partial charge in [0.2, 0.25) is 5.91 Å². The van der Waals surface area contributed by atoms with Crippen molar-refractivity contribution in [3.63, 3.8) is 0 Å². The molecule has 0 aromatic heterocycles. The van der Waals surface area contributed by atoms with Gasteiger partial charge in [-0.05, 0) is 55.3 Å². The van der Waals surface area contributed by atoms with E-state index in [1.54, 1.807) is 0 Å². The van der Waals surface area contributed by atoms with E-state index in [4.69, 9.17) is 9.47 Å². The van der Waals surface area contributed by atoms with Crippen molar-refractivity contribution in [2.45, 2.75) is 26.3 Å². The second kappa shape index (κ2) is 8.03. The predicted octanol–water partition coefficient (Wildman–Crippen LogP) is 3.31. The largest absolute Gasteiger partial charge is 0.486 e. The Kier molecular flexibility index (Phi) is 5.56. The van der Waals surface area contributed by atoms with E-state index in [0.29, 0.717) is 13.2 Å². The van der Waals surface area contributed by atoms with E-state index in [9.17, 15) is 4.79 Å². The Morgan fingerprint density at radius 2 is 1.92 bits per heavy atom. The van der Waals surface area contributed by atoms with Crippen LogP contribution in [0.2, 0.25) is 0 Å². The number of fused-ring (bicyclic) bond motifs is 1. The van der Waals surface area contributed by atoms with Gasteiger partial charge in [-0.15, -0.1) is 0 Å². The standard InChI is InChI=1S/C20H24N2O3/c1-14(17-4-3-5-18(13-17)22-15(2)23)21-9-8-16-6-7-19-20(12-16)25-11-10-24-19/h3-7,12-14,21H,8-11H2,1-2H3,(H,22,23). The molecule has 2 aromatic rings. The molecule has 0 bridgehead atoms. The van der Waals surface area contributed by atoms with Gasteiger partial charge in [0.25, 0.3) is 0 Å². The van der Waals surface area contributed by atoms with Gasteiger partial charge in [0, 0.05) is 18.7 Å². The van der Waals surface area contributed by atoms with E-state index in [1.165, 1.54) is 12.5 Å². The van der Waals surface area contributed by atoms with Crippen molar-refractivity contribution in [2.24, 2.45) is 0 Å². The zero-order valence-electron chi connectivity index (χ0n) is 14.7. The van der Waals surface area contributed by atoms with Crippen LogP contribution in [0.25, 0.3) is 0 Å². The molecule has 132 valence electrons. The van der Waals surface area contributed by atoms with E-state index < -0.39 is 0 Å². The maximum atomic E-state index is 11.2. The molecule has 0 radical (unpaired) electrons. The lowest BCUT2D eigenvalue weighted by atomic mass is 10.1. The van der Waals surface area contributed by atoms with Crippen LogP contribution in [0, 0.1) is 0 Å². The Labute approximate surface area is 148 Å². The summed E-state index contributed by atoms with van der Waals surface area (Å²) < 4.78 is 11.2. The Morgan fingerprint density at radius 3 is 2.72 bits per heavy atom. The number of carbonyl (C=O) groups is 1. The molecular weight excluding hydrogens is 316 g/mol. The van der Waals surface area contributed by atoms with Gasteiger partial charge >= 0.3 is 0 Å². The van der Waals surface area contributed by atoms with Crippen molar-refractivity contribution in [3.8, 4) is 11.5 Å². The molecule has 3 rings (SSSR count). The smallest absolute Gasteiger partial charge is 0.221 e. The zero-order valence-corrected chi connectivity index (χ0v) is 14.7. The Bertz CT molecular complexity index is 745. The number of amides is 1. The summed E-state index contributed by atoms with van der Waals surface area (Å²) in [6, 6.07) is 14.2. The molecule has 1 amide bonds. The maximum Gasteiger partial charge on any atom is 0.221 e. The second-order valence-corrected chi connectivity index (χ2v) is 6.21. The van der Waals surface area contributed by atoms with Gasteiger partial charge < -0.3 is 20.1 Å². The molecule has 0 saturated carbocycles. The van der Waals surface area contributed by atoms with Crippen molar-refractivity contribution < 1.29 is 14.3 Å². The number of rotatable bonds is 6. The summed E-state index contributed by atoms with van der Waals surface area (Å²) >= 11 is 0. The minimum Gasteiger partial charge on any atom is -0.486 e. The van der Waals surface area contributed by atoms with Crippen molar-refractivity contribution >= 4 is 11.6 Å². The van der Waals surface area contributed by atoms with E-state index in [0.717, 1.165) is 35.7 Å². The third kappa shape index (κ3) is 4.73. The first-order valence-corrected chi connectivity index (χ1v) is 8.61. The minimum atomic E-state index is -0.0589. The molecule has 1 aliphatic heterocycles. The molecule has 0 saturated heterocycles. The molecule has 2 aromatic carbocycles. The van der Waals surface area contributed by atoms with Gasteiger partial charge in [-0.2, -0.15) is 0 Å². The molecule has 1 aliphatic rings. The average Bonchev–Trinajstić information content (AvgIpc) is 2.61. The molecule has 2 N–H and O–H groups in total. The van der Waals surface area contributed by atoms with Crippen molar-refractivity contribution in [1.29, 1.82) is 0 Å². The normalized spacial score (nSPS) is 14.0.